The first-order valence-electron chi connectivity index (χ1n) is 22.2. The summed E-state index contributed by atoms with van der Waals surface area (Å²) in [5.41, 5.74) is 5.87. The molecule has 1 aliphatic heterocycles. The molecule has 1 heterocycles. The van der Waals surface area contributed by atoms with Gasteiger partial charge in [0.1, 0.15) is 6.04 Å². The van der Waals surface area contributed by atoms with Gasteiger partial charge in [-0.15, -0.1) is 0 Å². The Kier molecular flexibility index (Phi) is 34.8. The number of allylic oxidation sites excluding steroid dienone is 4. The summed E-state index contributed by atoms with van der Waals surface area (Å²) in [5.74, 6) is 0.356. The molecule has 1 amide bonds. The van der Waals surface area contributed by atoms with Crippen molar-refractivity contribution in [3.05, 3.63) is 24.3 Å². The quantitative estimate of drug-likeness (QED) is 0.0490. The Bertz CT molecular complexity index is 749. The number of ether oxygens (including phenoxy) is 2. The first-order chi connectivity index (χ1) is 25.1. The summed E-state index contributed by atoms with van der Waals surface area (Å²) in [6, 6.07) is -0.839. The van der Waals surface area contributed by atoms with Crippen LogP contribution in [0.2, 0.25) is 0 Å². The molecule has 0 saturated carbocycles. The molecule has 3 N–H and O–H groups in total. The van der Waals surface area contributed by atoms with Gasteiger partial charge in [-0.05, 0) is 64.2 Å². The van der Waals surface area contributed by atoms with Crippen molar-refractivity contribution in [2.24, 2.45) is 17.6 Å². The molecule has 6 nitrogen and oxygen atoms in total. The maximum Gasteiger partial charge on any atom is 0.241 e. The van der Waals surface area contributed by atoms with E-state index in [1.54, 1.807) is 0 Å². The van der Waals surface area contributed by atoms with Crippen LogP contribution in [0, 0.1) is 11.8 Å². The smallest absolute Gasteiger partial charge is 0.241 e. The van der Waals surface area contributed by atoms with Gasteiger partial charge in [0.05, 0.1) is 19.8 Å². The Morgan fingerprint density at radius 2 is 0.882 bits per heavy atom. The number of aliphatic hydroxyl groups is 1. The van der Waals surface area contributed by atoms with E-state index in [-0.39, 0.29) is 24.3 Å². The van der Waals surface area contributed by atoms with Crippen molar-refractivity contribution in [1.29, 1.82) is 0 Å². The molecule has 1 aliphatic rings. The van der Waals surface area contributed by atoms with Crippen molar-refractivity contribution >= 4 is 5.91 Å². The highest BCUT2D eigenvalue weighted by Crippen LogP contribution is 2.25. The predicted molar refractivity (Wildman–Crippen MR) is 219 cm³/mol. The van der Waals surface area contributed by atoms with E-state index in [2.05, 4.69) is 38.2 Å². The van der Waals surface area contributed by atoms with Gasteiger partial charge in [-0.25, -0.2) is 0 Å². The zero-order chi connectivity index (χ0) is 36.9. The van der Waals surface area contributed by atoms with E-state index in [0.717, 1.165) is 26.1 Å². The molecule has 0 aromatic heterocycles. The van der Waals surface area contributed by atoms with Gasteiger partial charge in [-0.2, -0.15) is 0 Å². The zero-order valence-corrected chi connectivity index (χ0v) is 34.0. The fraction of sp³-hybridized carbons (Fsp3) is 0.889. The lowest BCUT2D eigenvalue weighted by molar-refractivity contribution is -0.132. The number of nitrogens with two attached hydrogens (primary N) is 1. The van der Waals surface area contributed by atoms with Gasteiger partial charge in [-0.3, -0.25) is 4.79 Å². The number of carbonyl (C=O) groups is 1. The molecule has 1 fully saturated rings. The van der Waals surface area contributed by atoms with Crippen molar-refractivity contribution < 1.29 is 19.4 Å². The van der Waals surface area contributed by atoms with E-state index in [1.807, 2.05) is 4.90 Å². The zero-order valence-electron chi connectivity index (χ0n) is 34.0. The van der Waals surface area contributed by atoms with Crippen LogP contribution in [0.4, 0.5) is 0 Å². The summed E-state index contributed by atoms with van der Waals surface area (Å²) in [6.07, 6.45) is 46.2. The maximum atomic E-state index is 12.7. The molecule has 0 radical (unpaired) electrons. The minimum absolute atomic E-state index is 0.161. The number of hydrogen-bond acceptors (Lipinski definition) is 5. The Labute approximate surface area is 317 Å². The van der Waals surface area contributed by atoms with Crippen molar-refractivity contribution in [3.63, 3.8) is 0 Å². The second-order valence-electron chi connectivity index (χ2n) is 15.6. The van der Waals surface area contributed by atoms with E-state index < -0.39 is 6.04 Å². The topological polar surface area (TPSA) is 85.0 Å². The minimum atomic E-state index is -0.839. The highest BCUT2D eigenvalue weighted by Gasteiger charge is 2.36. The lowest BCUT2D eigenvalue weighted by Gasteiger charge is -2.19. The second kappa shape index (κ2) is 37.1. The molecular weight excluding hydrogens is 633 g/mol. The van der Waals surface area contributed by atoms with Crippen LogP contribution >= 0.6 is 0 Å². The second-order valence-corrected chi connectivity index (χ2v) is 15.6. The highest BCUT2D eigenvalue weighted by atomic mass is 16.5. The summed E-state index contributed by atoms with van der Waals surface area (Å²) in [6.45, 7) is 8.40. The number of unbranched alkanes of at least 4 members (excludes halogenated alkanes) is 24. The predicted octanol–water partition coefficient (Wildman–Crippen LogP) is 11.5. The summed E-state index contributed by atoms with van der Waals surface area (Å²) in [5, 5.41) is 9.41. The average Bonchev–Trinajstić information content (AvgIpc) is 3.55. The van der Waals surface area contributed by atoms with Crippen LogP contribution < -0.4 is 5.73 Å². The molecule has 0 aromatic carbocycles. The molecule has 0 spiro atoms. The lowest BCUT2D eigenvalue weighted by Crippen LogP contribution is -2.45. The highest BCUT2D eigenvalue weighted by molar-refractivity contribution is 5.82. The maximum absolute atomic E-state index is 12.7. The van der Waals surface area contributed by atoms with Gasteiger partial charge in [0, 0.05) is 38.1 Å². The number of hydrogen-bond donors (Lipinski definition) is 2. The normalized spacial score (nSPS) is 17.1. The number of amides is 1. The third-order valence-corrected chi connectivity index (χ3v) is 10.7. The number of carbonyl (C=O) groups excluding carboxylic acids is 1. The number of likely N-dealkylation sites (tertiary alicyclic amines) is 1. The number of aliphatic hydroxyl groups excluding tert-OH is 1. The van der Waals surface area contributed by atoms with Crippen LogP contribution in [0.5, 0.6) is 0 Å². The number of rotatable bonds is 38. The van der Waals surface area contributed by atoms with E-state index >= 15 is 0 Å². The minimum Gasteiger partial charge on any atom is -0.394 e. The van der Waals surface area contributed by atoms with Gasteiger partial charge in [-0.1, -0.05) is 154 Å². The largest absolute Gasteiger partial charge is 0.394 e. The molecule has 0 bridgehead atoms. The standard InChI is InChI=1S/C45H86N2O4/c1-3-5-7-9-11-13-15-17-19-21-23-25-27-29-31-33-35-50-40-42-37-47(45(49)44(46)39-48)38-43(42)41-51-36-34-32-30-28-26-24-22-20-18-16-14-12-10-8-6-4-2/h17-20,42-44,48H,3-16,21-41,46H2,1-2H3/t42-,43-,44-/m0/s1. The summed E-state index contributed by atoms with van der Waals surface area (Å²) < 4.78 is 12.3. The Balaban J connectivity index is 2.09. The fourth-order valence-corrected chi connectivity index (χ4v) is 7.18. The van der Waals surface area contributed by atoms with Crippen LogP contribution in [0.25, 0.3) is 0 Å². The Hall–Kier alpha value is -1.21. The van der Waals surface area contributed by atoms with Crippen LogP contribution in [0.15, 0.2) is 24.3 Å². The molecule has 300 valence electrons. The molecular formula is C45H86N2O4. The molecule has 0 aliphatic carbocycles. The first-order valence-corrected chi connectivity index (χ1v) is 22.2. The van der Waals surface area contributed by atoms with Gasteiger partial charge < -0.3 is 25.2 Å². The van der Waals surface area contributed by atoms with Gasteiger partial charge in [0.2, 0.25) is 5.91 Å². The van der Waals surface area contributed by atoms with Gasteiger partial charge >= 0.3 is 0 Å². The van der Waals surface area contributed by atoms with Gasteiger partial charge in [0.25, 0.3) is 0 Å². The van der Waals surface area contributed by atoms with E-state index in [4.69, 9.17) is 15.2 Å². The fourth-order valence-electron chi connectivity index (χ4n) is 7.18. The molecule has 0 unspecified atom stereocenters. The van der Waals surface area contributed by atoms with Crippen LogP contribution in [0.3, 0.4) is 0 Å². The Morgan fingerprint density at radius 1 is 0.569 bits per heavy atom. The number of nitrogens with zero attached hydrogens (tertiary/aromatic N) is 1. The summed E-state index contributed by atoms with van der Waals surface area (Å²) in [7, 11) is 0. The van der Waals surface area contributed by atoms with Crippen molar-refractivity contribution in [1.82, 2.24) is 4.90 Å². The average molecular weight is 719 g/mol. The van der Waals surface area contributed by atoms with E-state index in [0.29, 0.717) is 26.3 Å². The van der Waals surface area contributed by atoms with E-state index in [9.17, 15) is 9.90 Å². The SMILES string of the molecule is CCCCCCCCC=CCCCCCCCCOC[C@@H]1CN(C(=O)[C@@H](N)CO)C[C@H]1COCCCCCCCCC=CCCCCCCCC. The molecule has 6 heteroatoms. The molecule has 0 aromatic rings. The van der Waals surface area contributed by atoms with Crippen LogP contribution in [-0.2, 0) is 14.3 Å². The molecule has 3 atom stereocenters. The van der Waals surface area contributed by atoms with Crippen molar-refractivity contribution in [2.75, 3.05) is 46.1 Å². The lowest BCUT2D eigenvalue weighted by atomic mass is 9.98. The first kappa shape index (κ1) is 47.8. The Morgan fingerprint density at radius 3 is 1.22 bits per heavy atom. The van der Waals surface area contributed by atoms with E-state index in [1.165, 1.54) is 167 Å². The van der Waals surface area contributed by atoms with Crippen molar-refractivity contribution in [3.8, 4) is 0 Å². The summed E-state index contributed by atoms with van der Waals surface area (Å²) >= 11 is 0. The molecule has 1 saturated heterocycles. The summed E-state index contributed by atoms with van der Waals surface area (Å²) in [4.78, 5) is 14.5. The molecule has 1 rings (SSSR count). The van der Waals surface area contributed by atoms with Gasteiger partial charge in [0.15, 0.2) is 0 Å². The van der Waals surface area contributed by atoms with Crippen LogP contribution in [-0.4, -0.2) is 68.1 Å². The van der Waals surface area contributed by atoms with Crippen LogP contribution in [0.1, 0.15) is 194 Å². The van der Waals surface area contributed by atoms with Crippen molar-refractivity contribution in [2.45, 2.75) is 200 Å². The third-order valence-electron chi connectivity index (χ3n) is 10.7. The molecule has 51 heavy (non-hydrogen) atoms. The monoisotopic (exact) mass is 719 g/mol. The third kappa shape index (κ3) is 28.9.